The maximum atomic E-state index is 12.4. The Morgan fingerprint density at radius 2 is 2.18 bits per heavy atom. The molecular formula is C16H18N2O4. The molecule has 2 aromatic rings. The van der Waals surface area contributed by atoms with Crippen LogP contribution in [-0.2, 0) is 11.3 Å². The molecule has 0 unspecified atom stereocenters. The normalized spacial score (nSPS) is 18.4. The number of nitrogens with zero attached hydrogens (tertiary/aromatic N) is 2. The standard InChI is InChI=1S/C16H18N2O4/c1-12-10-18(8-9-21-12)16(20)14-6-5-13(22-14)11-17-7-3-2-4-15(17)19/h2-7,12H,8-11H2,1H3/t12-/m0/s1. The van der Waals surface area contributed by atoms with Gasteiger partial charge in [0.05, 0.1) is 19.3 Å². The van der Waals surface area contributed by atoms with Crippen LogP contribution < -0.4 is 5.56 Å². The zero-order valence-corrected chi connectivity index (χ0v) is 12.4. The number of furan rings is 1. The average molecular weight is 302 g/mol. The van der Waals surface area contributed by atoms with Gasteiger partial charge in [0.15, 0.2) is 5.76 Å². The van der Waals surface area contributed by atoms with Crippen molar-refractivity contribution in [1.29, 1.82) is 0 Å². The van der Waals surface area contributed by atoms with Crippen LogP contribution in [0.3, 0.4) is 0 Å². The van der Waals surface area contributed by atoms with Crippen molar-refractivity contribution in [3.8, 4) is 0 Å². The molecule has 3 heterocycles. The lowest BCUT2D eigenvalue weighted by atomic mass is 10.3. The molecule has 0 spiro atoms. The van der Waals surface area contributed by atoms with Crippen molar-refractivity contribution < 1.29 is 13.9 Å². The number of amides is 1. The van der Waals surface area contributed by atoms with E-state index >= 15 is 0 Å². The second-order valence-corrected chi connectivity index (χ2v) is 5.37. The van der Waals surface area contributed by atoms with Crippen LogP contribution >= 0.6 is 0 Å². The number of ether oxygens (including phenoxy) is 1. The molecule has 1 atom stereocenters. The maximum Gasteiger partial charge on any atom is 0.289 e. The van der Waals surface area contributed by atoms with Gasteiger partial charge in [0.1, 0.15) is 5.76 Å². The largest absolute Gasteiger partial charge is 0.454 e. The van der Waals surface area contributed by atoms with E-state index in [9.17, 15) is 9.59 Å². The molecule has 6 nitrogen and oxygen atoms in total. The van der Waals surface area contributed by atoms with Crippen molar-refractivity contribution in [2.24, 2.45) is 0 Å². The Morgan fingerprint density at radius 1 is 1.32 bits per heavy atom. The van der Waals surface area contributed by atoms with Gasteiger partial charge in [0, 0.05) is 25.4 Å². The fourth-order valence-corrected chi connectivity index (χ4v) is 2.50. The summed E-state index contributed by atoms with van der Waals surface area (Å²) in [5.41, 5.74) is -0.103. The molecule has 0 aromatic carbocycles. The molecular weight excluding hydrogens is 284 g/mol. The summed E-state index contributed by atoms with van der Waals surface area (Å²) in [6.07, 6.45) is 1.73. The number of carbonyl (C=O) groups excluding carboxylic acids is 1. The quantitative estimate of drug-likeness (QED) is 0.858. The lowest BCUT2D eigenvalue weighted by Gasteiger charge is -2.30. The summed E-state index contributed by atoms with van der Waals surface area (Å²) in [4.78, 5) is 25.8. The van der Waals surface area contributed by atoms with Gasteiger partial charge in [0.25, 0.3) is 11.5 Å². The van der Waals surface area contributed by atoms with Crippen LogP contribution in [0.15, 0.2) is 45.7 Å². The van der Waals surface area contributed by atoms with Crippen LogP contribution in [0.4, 0.5) is 0 Å². The van der Waals surface area contributed by atoms with E-state index in [-0.39, 0.29) is 17.6 Å². The fourth-order valence-electron chi connectivity index (χ4n) is 2.50. The number of hydrogen-bond donors (Lipinski definition) is 0. The Balaban J connectivity index is 1.72. The molecule has 0 aliphatic carbocycles. The predicted molar refractivity (Wildman–Crippen MR) is 79.8 cm³/mol. The number of carbonyl (C=O) groups is 1. The van der Waals surface area contributed by atoms with Gasteiger partial charge in [-0.05, 0) is 25.1 Å². The first-order valence-electron chi connectivity index (χ1n) is 7.28. The molecule has 6 heteroatoms. The molecule has 22 heavy (non-hydrogen) atoms. The van der Waals surface area contributed by atoms with E-state index in [0.29, 0.717) is 37.8 Å². The molecule has 0 radical (unpaired) electrons. The van der Waals surface area contributed by atoms with Crippen molar-refractivity contribution in [3.05, 3.63) is 58.4 Å². The van der Waals surface area contributed by atoms with E-state index in [1.54, 1.807) is 35.4 Å². The first-order valence-corrected chi connectivity index (χ1v) is 7.28. The van der Waals surface area contributed by atoms with E-state index in [1.165, 1.54) is 10.6 Å². The highest BCUT2D eigenvalue weighted by Crippen LogP contribution is 2.14. The highest BCUT2D eigenvalue weighted by molar-refractivity contribution is 5.91. The summed E-state index contributed by atoms with van der Waals surface area (Å²) in [5.74, 6) is 0.743. The maximum absolute atomic E-state index is 12.4. The van der Waals surface area contributed by atoms with Crippen molar-refractivity contribution in [3.63, 3.8) is 0 Å². The first kappa shape index (κ1) is 14.6. The zero-order valence-electron chi connectivity index (χ0n) is 12.4. The Morgan fingerprint density at radius 3 is 2.95 bits per heavy atom. The van der Waals surface area contributed by atoms with Crippen LogP contribution in [0.25, 0.3) is 0 Å². The molecule has 1 saturated heterocycles. The first-order chi connectivity index (χ1) is 10.6. The van der Waals surface area contributed by atoms with Crippen molar-refractivity contribution in [1.82, 2.24) is 9.47 Å². The van der Waals surface area contributed by atoms with E-state index < -0.39 is 0 Å². The van der Waals surface area contributed by atoms with Crippen molar-refractivity contribution in [2.45, 2.75) is 19.6 Å². The molecule has 0 N–H and O–H groups in total. The highest BCUT2D eigenvalue weighted by Gasteiger charge is 2.24. The fraction of sp³-hybridized carbons (Fsp3) is 0.375. The predicted octanol–water partition coefficient (Wildman–Crippen LogP) is 1.35. The Hall–Kier alpha value is -2.34. The van der Waals surface area contributed by atoms with Crippen LogP contribution in [0.2, 0.25) is 0 Å². The van der Waals surface area contributed by atoms with Gasteiger partial charge in [-0.15, -0.1) is 0 Å². The third-order valence-corrected chi connectivity index (χ3v) is 3.63. The van der Waals surface area contributed by atoms with E-state index in [0.717, 1.165) is 0 Å². The Labute approximate surface area is 127 Å². The van der Waals surface area contributed by atoms with Gasteiger partial charge < -0.3 is 18.6 Å². The number of rotatable bonds is 3. The number of aromatic nitrogens is 1. The minimum atomic E-state index is -0.137. The van der Waals surface area contributed by atoms with Crippen LogP contribution in [-0.4, -0.2) is 41.2 Å². The minimum Gasteiger partial charge on any atom is -0.454 e. The summed E-state index contributed by atoms with van der Waals surface area (Å²) in [7, 11) is 0. The molecule has 0 saturated carbocycles. The SMILES string of the molecule is C[C@H]1CN(C(=O)c2ccc(Cn3ccccc3=O)o2)CCO1. The van der Waals surface area contributed by atoms with E-state index in [1.807, 2.05) is 6.92 Å². The van der Waals surface area contributed by atoms with E-state index in [2.05, 4.69) is 0 Å². The molecule has 0 bridgehead atoms. The minimum absolute atomic E-state index is 0.0371. The topological polar surface area (TPSA) is 64.7 Å². The lowest BCUT2D eigenvalue weighted by Crippen LogP contribution is -2.44. The molecule has 2 aromatic heterocycles. The second kappa shape index (κ2) is 6.19. The Kier molecular flexibility index (Phi) is 4.11. The van der Waals surface area contributed by atoms with Gasteiger partial charge in [-0.3, -0.25) is 9.59 Å². The van der Waals surface area contributed by atoms with Crippen LogP contribution in [0.1, 0.15) is 23.2 Å². The van der Waals surface area contributed by atoms with E-state index in [4.69, 9.17) is 9.15 Å². The molecule has 1 fully saturated rings. The Bertz CT molecular complexity index is 719. The summed E-state index contributed by atoms with van der Waals surface area (Å²) in [6, 6.07) is 8.35. The lowest BCUT2D eigenvalue weighted by molar-refractivity contribution is -0.0135. The molecule has 1 aliphatic heterocycles. The van der Waals surface area contributed by atoms with Crippen molar-refractivity contribution >= 4 is 5.91 Å². The monoisotopic (exact) mass is 302 g/mol. The van der Waals surface area contributed by atoms with Gasteiger partial charge in [-0.25, -0.2) is 0 Å². The van der Waals surface area contributed by atoms with Crippen LogP contribution in [0, 0.1) is 0 Å². The molecule has 3 rings (SSSR count). The zero-order chi connectivity index (χ0) is 15.5. The number of morpholine rings is 1. The average Bonchev–Trinajstić information content (AvgIpc) is 2.97. The number of hydrogen-bond acceptors (Lipinski definition) is 4. The third kappa shape index (κ3) is 3.12. The third-order valence-electron chi connectivity index (χ3n) is 3.63. The molecule has 1 amide bonds. The summed E-state index contributed by atoms with van der Waals surface area (Å²) in [5, 5.41) is 0. The summed E-state index contributed by atoms with van der Waals surface area (Å²) in [6.45, 7) is 3.92. The molecule has 1 aliphatic rings. The smallest absolute Gasteiger partial charge is 0.289 e. The van der Waals surface area contributed by atoms with Crippen LogP contribution in [0.5, 0.6) is 0 Å². The summed E-state index contributed by atoms with van der Waals surface area (Å²) >= 11 is 0. The van der Waals surface area contributed by atoms with Gasteiger partial charge in [-0.2, -0.15) is 0 Å². The van der Waals surface area contributed by atoms with Gasteiger partial charge in [0.2, 0.25) is 0 Å². The second-order valence-electron chi connectivity index (χ2n) is 5.37. The number of pyridine rings is 1. The van der Waals surface area contributed by atoms with Crippen molar-refractivity contribution in [2.75, 3.05) is 19.7 Å². The van der Waals surface area contributed by atoms with Gasteiger partial charge >= 0.3 is 0 Å². The molecule has 116 valence electrons. The highest BCUT2D eigenvalue weighted by atomic mass is 16.5. The van der Waals surface area contributed by atoms with Gasteiger partial charge in [-0.1, -0.05) is 6.07 Å². The summed E-state index contributed by atoms with van der Waals surface area (Å²) < 4.78 is 12.6.